The molecule has 0 bridgehead atoms. The lowest BCUT2D eigenvalue weighted by molar-refractivity contribution is 0.752. The van der Waals surface area contributed by atoms with Crippen LogP contribution in [0.1, 0.15) is 12.0 Å². The van der Waals surface area contributed by atoms with Crippen LogP contribution in [-0.2, 0) is 0 Å². The summed E-state index contributed by atoms with van der Waals surface area (Å²) >= 11 is 6.07. The Morgan fingerprint density at radius 3 is 2.95 bits per heavy atom. The van der Waals surface area contributed by atoms with Crippen LogP contribution in [0.15, 0.2) is 41.4 Å². The summed E-state index contributed by atoms with van der Waals surface area (Å²) in [7, 11) is 0. The standard InChI is InChI=1S/C17H17ClN4/c18-11-4-5-15-16(8-11)20-9-13-14(21-15)2-1-3-17(13)22-7-6-12(19)10-22/h1-5,8-9,12,21H,6-7,10,19H2. The lowest BCUT2D eigenvalue weighted by atomic mass is 10.1. The lowest BCUT2D eigenvalue weighted by Gasteiger charge is -2.22. The van der Waals surface area contributed by atoms with Gasteiger partial charge < -0.3 is 16.0 Å². The fourth-order valence-corrected chi connectivity index (χ4v) is 3.24. The van der Waals surface area contributed by atoms with Crippen molar-refractivity contribution in [2.45, 2.75) is 12.5 Å². The number of nitrogens with zero attached hydrogens (tertiary/aromatic N) is 2. The number of halogens is 1. The molecule has 2 aliphatic rings. The van der Waals surface area contributed by atoms with Gasteiger partial charge in [-0.3, -0.25) is 4.99 Å². The van der Waals surface area contributed by atoms with Crippen LogP contribution in [0.4, 0.5) is 22.7 Å². The van der Waals surface area contributed by atoms with E-state index in [4.69, 9.17) is 17.3 Å². The van der Waals surface area contributed by atoms with E-state index < -0.39 is 0 Å². The van der Waals surface area contributed by atoms with Gasteiger partial charge in [0.2, 0.25) is 0 Å². The van der Waals surface area contributed by atoms with Crippen molar-refractivity contribution in [3.05, 3.63) is 47.0 Å². The van der Waals surface area contributed by atoms with Crippen molar-refractivity contribution in [3.63, 3.8) is 0 Å². The molecule has 22 heavy (non-hydrogen) atoms. The molecule has 2 aromatic rings. The minimum atomic E-state index is 0.252. The molecule has 4 nitrogen and oxygen atoms in total. The molecule has 1 atom stereocenters. The number of aliphatic imine (C=N–C) groups is 1. The number of anilines is 3. The molecule has 3 N–H and O–H groups in total. The Labute approximate surface area is 134 Å². The largest absolute Gasteiger partial charge is 0.369 e. The molecule has 0 saturated carbocycles. The Bertz CT molecular complexity index is 756. The summed E-state index contributed by atoms with van der Waals surface area (Å²) < 4.78 is 0. The molecule has 1 saturated heterocycles. The summed E-state index contributed by atoms with van der Waals surface area (Å²) in [4.78, 5) is 6.94. The zero-order chi connectivity index (χ0) is 15.1. The Hall–Kier alpha value is -2.04. The highest BCUT2D eigenvalue weighted by molar-refractivity contribution is 6.31. The van der Waals surface area contributed by atoms with Crippen molar-refractivity contribution < 1.29 is 0 Å². The van der Waals surface area contributed by atoms with Crippen molar-refractivity contribution in [2.75, 3.05) is 23.3 Å². The van der Waals surface area contributed by atoms with Gasteiger partial charge in [0.1, 0.15) is 0 Å². The summed E-state index contributed by atoms with van der Waals surface area (Å²) in [5.74, 6) is 0. The monoisotopic (exact) mass is 312 g/mol. The Morgan fingerprint density at radius 1 is 1.23 bits per heavy atom. The maximum atomic E-state index is 6.07. The van der Waals surface area contributed by atoms with E-state index in [2.05, 4.69) is 33.4 Å². The minimum Gasteiger partial charge on any atom is -0.369 e. The first kappa shape index (κ1) is 13.6. The van der Waals surface area contributed by atoms with Gasteiger partial charge in [0.05, 0.1) is 11.4 Å². The van der Waals surface area contributed by atoms with Gasteiger partial charge >= 0.3 is 0 Å². The van der Waals surface area contributed by atoms with Crippen LogP contribution >= 0.6 is 11.6 Å². The molecule has 0 spiro atoms. The van der Waals surface area contributed by atoms with Gasteiger partial charge in [-0.25, -0.2) is 0 Å². The van der Waals surface area contributed by atoms with Gasteiger partial charge in [-0.2, -0.15) is 0 Å². The Balaban J connectivity index is 1.78. The third-order valence-electron chi connectivity index (χ3n) is 4.21. The van der Waals surface area contributed by atoms with Gasteiger partial charge in [0, 0.05) is 47.3 Å². The van der Waals surface area contributed by atoms with E-state index in [0.717, 1.165) is 42.1 Å². The molecule has 0 aliphatic carbocycles. The topological polar surface area (TPSA) is 53.6 Å². The second-order valence-electron chi connectivity index (χ2n) is 5.78. The number of nitrogens with one attached hydrogen (secondary N) is 1. The molecule has 112 valence electrons. The molecule has 5 heteroatoms. The normalized spacial score (nSPS) is 19.4. The smallest absolute Gasteiger partial charge is 0.0879 e. The highest BCUT2D eigenvalue weighted by atomic mass is 35.5. The van der Waals surface area contributed by atoms with Crippen molar-refractivity contribution in [3.8, 4) is 0 Å². The first-order chi connectivity index (χ1) is 10.7. The van der Waals surface area contributed by atoms with Crippen molar-refractivity contribution in [1.82, 2.24) is 0 Å². The molecule has 0 amide bonds. The van der Waals surface area contributed by atoms with Crippen LogP contribution in [0, 0.1) is 0 Å². The molecule has 4 rings (SSSR count). The summed E-state index contributed by atoms with van der Waals surface area (Å²) in [6, 6.07) is 12.2. The highest BCUT2D eigenvalue weighted by Crippen LogP contribution is 2.37. The van der Waals surface area contributed by atoms with Crippen LogP contribution < -0.4 is 16.0 Å². The van der Waals surface area contributed by atoms with Gasteiger partial charge in [-0.1, -0.05) is 17.7 Å². The quantitative estimate of drug-likeness (QED) is 0.720. The molecule has 0 aromatic heterocycles. The number of nitrogens with two attached hydrogens (primary N) is 1. The summed E-state index contributed by atoms with van der Waals surface area (Å²) in [6.07, 6.45) is 2.95. The third kappa shape index (κ3) is 2.34. The number of benzene rings is 2. The molecule has 2 aliphatic heterocycles. The zero-order valence-corrected chi connectivity index (χ0v) is 12.8. The second kappa shape index (κ2) is 5.30. The summed E-state index contributed by atoms with van der Waals surface area (Å²) in [5.41, 5.74) is 11.2. The van der Waals surface area contributed by atoms with Crippen molar-refractivity contribution in [2.24, 2.45) is 10.7 Å². The van der Waals surface area contributed by atoms with Crippen LogP contribution in [-0.4, -0.2) is 25.3 Å². The molecular formula is C17H17ClN4. The first-order valence-electron chi connectivity index (χ1n) is 7.45. The minimum absolute atomic E-state index is 0.252. The van der Waals surface area contributed by atoms with E-state index in [1.165, 1.54) is 5.69 Å². The number of hydrogen-bond donors (Lipinski definition) is 2. The van der Waals surface area contributed by atoms with E-state index >= 15 is 0 Å². The maximum Gasteiger partial charge on any atom is 0.0879 e. The van der Waals surface area contributed by atoms with Crippen LogP contribution in [0.2, 0.25) is 5.02 Å². The first-order valence-corrected chi connectivity index (χ1v) is 7.83. The van der Waals surface area contributed by atoms with Gasteiger partial charge in [-0.05, 0) is 36.8 Å². The van der Waals surface area contributed by atoms with Crippen LogP contribution in [0.5, 0.6) is 0 Å². The summed E-state index contributed by atoms with van der Waals surface area (Å²) in [5, 5.41) is 4.15. The zero-order valence-electron chi connectivity index (χ0n) is 12.1. The summed E-state index contributed by atoms with van der Waals surface area (Å²) in [6.45, 7) is 1.88. The van der Waals surface area contributed by atoms with E-state index in [-0.39, 0.29) is 6.04 Å². The molecule has 2 aromatic carbocycles. The Kier molecular flexibility index (Phi) is 3.28. The molecule has 1 fully saturated rings. The lowest BCUT2D eigenvalue weighted by Crippen LogP contribution is -2.27. The van der Waals surface area contributed by atoms with E-state index in [0.29, 0.717) is 5.02 Å². The van der Waals surface area contributed by atoms with Gasteiger partial charge in [0.25, 0.3) is 0 Å². The van der Waals surface area contributed by atoms with E-state index in [9.17, 15) is 0 Å². The fourth-order valence-electron chi connectivity index (χ4n) is 3.08. The average Bonchev–Trinajstić information content (AvgIpc) is 2.85. The maximum absolute atomic E-state index is 6.07. The SMILES string of the molecule is NC1CCN(c2cccc3c2C=Nc2cc(Cl)ccc2N3)C1. The average molecular weight is 313 g/mol. The molecule has 0 radical (unpaired) electrons. The van der Waals surface area contributed by atoms with Gasteiger partial charge in [0.15, 0.2) is 0 Å². The van der Waals surface area contributed by atoms with Crippen molar-refractivity contribution >= 4 is 40.6 Å². The predicted molar refractivity (Wildman–Crippen MR) is 93.2 cm³/mol. The molecule has 2 heterocycles. The second-order valence-corrected chi connectivity index (χ2v) is 6.21. The van der Waals surface area contributed by atoms with Crippen molar-refractivity contribution in [1.29, 1.82) is 0 Å². The molecular weight excluding hydrogens is 296 g/mol. The van der Waals surface area contributed by atoms with E-state index in [1.54, 1.807) is 0 Å². The number of rotatable bonds is 1. The Morgan fingerprint density at radius 2 is 2.14 bits per heavy atom. The van der Waals surface area contributed by atoms with Crippen LogP contribution in [0.25, 0.3) is 0 Å². The van der Waals surface area contributed by atoms with Crippen LogP contribution in [0.3, 0.4) is 0 Å². The fraction of sp³-hybridized carbons (Fsp3) is 0.235. The third-order valence-corrected chi connectivity index (χ3v) is 4.45. The number of fused-ring (bicyclic) bond motifs is 2. The predicted octanol–water partition coefficient (Wildman–Crippen LogP) is 3.69. The number of hydrogen-bond acceptors (Lipinski definition) is 4. The van der Waals surface area contributed by atoms with Gasteiger partial charge in [-0.15, -0.1) is 0 Å². The van der Waals surface area contributed by atoms with E-state index in [1.807, 2.05) is 24.4 Å². The highest BCUT2D eigenvalue weighted by Gasteiger charge is 2.23. The molecule has 1 unspecified atom stereocenters.